The van der Waals surface area contributed by atoms with E-state index in [4.69, 9.17) is 4.74 Å². The Hall–Kier alpha value is -1.09. The first-order chi connectivity index (χ1) is 10.6. The molecule has 0 spiro atoms. The van der Waals surface area contributed by atoms with E-state index in [0.29, 0.717) is 18.8 Å². The van der Waals surface area contributed by atoms with E-state index in [1.165, 1.54) is 7.05 Å². The van der Waals surface area contributed by atoms with Gasteiger partial charge < -0.3 is 9.30 Å². The van der Waals surface area contributed by atoms with Crippen molar-refractivity contribution in [1.82, 2.24) is 14.3 Å². The third-order valence-electron chi connectivity index (χ3n) is 3.24. The number of rotatable bonds is 9. The van der Waals surface area contributed by atoms with Gasteiger partial charge in [-0.3, -0.25) is 0 Å². The summed E-state index contributed by atoms with van der Waals surface area (Å²) in [4.78, 5) is 4.63. The third-order valence-corrected chi connectivity index (χ3v) is 5.75. The number of imidazole rings is 1. The molecule has 1 heterocycles. The molecule has 22 heavy (non-hydrogen) atoms. The summed E-state index contributed by atoms with van der Waals surface area (Å²) in [6.45, 7) is 1.34. The number of methoxy groups -OCH3 is 1. The van der Waals surface area contributed by atoms with Crippen molar-refractivity contribution in [2.75, 3.05) is 32.3 Å². The molecule has 1 aromatic carbocycles. The van der Waals surface area contributed by atoms with E-state index in [9.17, 15) is 8.42 Å². The topological polar surface area (TPSA) is 73.2 Å². The summed E-state index contributed by atoms with van der Waals surface area (Å²) >= 11 is 1.58. The van der Waals surface area contributed by atoms with Crippen molar-refractivity contribution in [3.63, 3.8) is 0 Å². The minimum Gasteiger partial charge on any atom is -0.383 e. The first kappa shape index (κ1) is 17.3. The molecule has 0 bridgehead atoms. The molecule has 2 aromatic rings. The molecule has 1 aromatic heterocycles. The lowest BCUT2D eigenvalue weighted by Gasteiger charge is -2.08. The molecule has 0 saturated heterocycles. The van der Waals surface area contributed by atoms with Crippen molar-refractivity contribution < 1.29 is 13.2 Å². The Balaban J connectivity index is 2.06. The number of nitrogens with zero attached hydrogens (tertiary/aromatic N) is 2. The fourth-order valence-corrected chi connectivity index (χ4v) is 3.97. The van der Waals surface area contributed by atoms with Crippen LogP contribution in [0.15, 0.2) is 29.4 Å². The van der Waals surface area contributed by atoms with Crippen LogP contribution >= 0.6 is 11.8 Å². The molecule has 0 aliphatic carbocycles. The maximum Gasteiger partial charge on any atom is 0.211 e. The van der Waals surface area contributed by atoms with E-state index >= 15 is 0 Å². The lowest BCUT2D eigenvalue weighted by atomic mass is 10.3. The van der Waals surface area contributed by atoms with Gasteiger partial charge in [-0.2, -0.15) is 0 Å². The summed E-state index contributed by atoms with van der Waals surface area (Å²) in [6, 6.07) is 7.97. The molecule has 8 heteroatoms. The Labute approximate surface area is 135 Å². The van der Waals surface area contributed by atoms with Crippen molar-refractivity contribution >= 4 is 32.8 Å². The number of hydrogen-bond donors (Lipinski definition) is 1. The molecule has 0 atom stereocenters. The first-order valence-electron chi connectivity index (χ1n) is 7.05. The van der Waals surface area contributed by atoms with Crippen LogP contribution in [0.5, 0.6) is 0 Å². The van der Waals surface area contributed by atoms with Crippen molar-refractivity contribution in [1.29, 1.82) is 0 Å². The fourth-order valence-electron chi connectivity index (χ4n) is 2.08. The summed E-state index contributed by atoms with van der Waals surface area (Å²) in [5.74, 6) is 0.839. The average Bonchev–Trinajstić information content (AvgIpc) is 2.87. The van der Waals surface area contributed by atoms with Crippen LogP contribution in [0.3, 0.4) is 0 Å². The van der Waals surface area contributed by atoms with Crippen LogP contribution in [0.25, 0.3) is 11.0 Å². The van der Waals surface area contributed by atoms with E-state index in [1.54, 1.807) is 18.9 Å². The van der Waals surface area contributed by atoms with E-state index in [1.807, 2.05) is 24.3 Å². The zero-order chi connectivity index (χ0) is 16.0. The van der Waals surface area contributed by atoms with Crippen LogP contribution in [-0.4, -0.2) is 50.2 Å². The van der Waals surface area contributed by atoms with E-state index in [0.717, 1.165) is 22.7 Å². The molecular weight excluding hydrogens is 322 g/mol. The maximum atomic E-state index is 11.4. The molecule has 0 saturated carbocycles. The molecular formula is C14H21N3O3S2. The van der Waals surface area contributed by atoms with Gasteiger partial charge in [0.2, 0.25) is 10.0 Å². The molecule has 0 radical (unpaired) electrons. The van der Waals surface area contributed by atoms with Crippen molar-refractivity contribution in [2.45, 2.75) is 18.1 Å². The monoisotopic (exact) mass is 343 g/mol. The number of sulfonamides is 1. The van der Waals surface area contributed by atoms with Crippen molar-refractivity contribution in [3.8, 4) is 0 Å². The van der Waals surface area contributed by atoms with Gasteiger partial charge >= 0.3 is 0 Å². The largest absolute Gasteiger partial charge is 0.383 e. The summed E-state index contributed by atoms with van der Waals surface area (Å²) < 4.78 is 32.4. The lowest BCUT2D eigenvalue weighted by molar-refractivity contribution is 0.186. The molecule has 0 fully saturated rings. The number of para-hydroxylation sites is 2. The second kappa shape index (κ2) is 7.96. The van der Waals surface area contributed by atoms with Crippen LogP contribution in [0.1, 0.15) is 6.42 Å². The summed E-state index contributed by atoms with van der Waals surface area (Å²) in [6.07, 6.45) is 0.585. The van der Waals surface area contributed by atoms with Crippen LogP contribution in [0.4, 0.5) is 0 Å². The first-order valence-corrected chi connectivity index (χ1v) is 9.69. The van der Waals surface area contributed by atoms with Gasteiger partial charge in [-0.1, -0.05) is 23.9 Å². The van der Waals surface area contributed by atoms with E-state index in [2.05, 4.69) is 14.3 Å². The molecule has 6 nitrogen and oxygen atoms in total. The van der Waals surface area contributed by atoms with Gasteiger partial charge in [0.1, 0.15) is 0 Å². The Morgan fingerprint density at radius 3 is 2.86 bits per heavy atom. The Morgan fingerprint density at radius 2 is 2.14 bits per heavy atom. The SMILES string of the molecule is CNS(=O)(=O)CCCSc1nc2ccccc2n1CCOC. The number of hydrogen-bond acceptors (Lipinski definition) is 5. The second-order valence-corrected chi connectivity index (χ2v) is 7.86. The fraction of sp³-hybridized carbons (Fsp3) is 0.500. The highest BCUT2D eigenvalue weighted by molar-refractivity contribution is 7.99. The minimum absolute atomic E-state index is 0.134. The van der Waals surface area contributed by atoms with Gasteiger partial charge in [-0.15, -0.1) is 0 Å². The quantitative estimate of drug-likeness (QED) is 0.554. The molecule has 2 rings (SSSR count). The molecule has 1 N–H and O–H groups in total. The molecule has 0 amide bonds. The summed E-state index contributed by atoms with van der Waals surface area (Å²) in [7, 11) is -0.0211. The van der Waals surface area contributed by atoms with Gasteiger partial charge in [-0.05, 0) is 25.6 Å². The van der Waals surface area contributed by atoms with Gasteiger partial charge in [-0.25, -0.2) is 18.1 Å². The standard InChI is InChI=1S/C14H21N3O3S2/c1-15-22(18,19)11-5-10-21-14-16-12-6-3-4-7-13(12)17(14)8-9-20-2/h3-4,6-7,15H,5,8-11H2,1-2H3. The number of aromatic nitrogens is 2. The predicted octanol–water partition coefficient (Wildman–Crippen LogP) is 1.71. The molecule has 0 unspecified atom stereocenters. The zero-order valence-corrected chi connectivity index (χ0v) is 14.4. The number of thioether (sulfide) groups is 1. The van der Waals surface area contributed by atoms with Crippen LogP contribution in [0, 0.1) is 0 Å². The second-order valence-electron chi connectivity index (χ2n) is 4.75. The van der Waals surface area contributed by atoms with Crippen LogP contribution in [-0.2, 0) is 21.3 Å². The highest BCUT2D eigenvalue weighted by Gasteiger charge is 2.12. The smallest absolute Gasteiger partial charge is 0.211 e. The Bertz CT molecular complexity index is 713. The van der Waals surface area contributed by atoms with E-state index < -0.39 is 10.0 Å². The van der Waals surface area contributed by atoms with Crippen molar-refractivity contribution in [3.05, 3.63) is 24.3 Å². The predicted molar refractivity (Wildman–Crippen MR) is 89.8 cm³/mol. The number of ether oxygens (including phenoxy) is 1. The normalized spacial score (nSPS) is 12.1. The van der Waals surface area contributed by atoms with Gasteiger partial charge in [0, 0.05) is 19.4 Å². The summed E-state index contributed by atoms with van der Waals surface area (Å²) in [5, 5.41) is 0.903. The van der Waals surface area contributed by atoms with Gasteiger partial charge in [0.25, 0.3) is 0 Å². The molecule has 122 valence electrons. The number of benzene rings is 1. The number of fused-ring (bicyclic) bond motifs is 1. The average molecular weight is 343 g/mol. The highest BCUT2D eigenvalue weighted by atomic mass is 32.2. The summed E-state index contributed by atoms with van der Waals surface area (Å²) in [5.41, 5.74) is 2.02. The minimum atomic E-state index is -3.13. The zero-order valence-electron chi connectivity index (χ0n) is 12.8. The van der Waals surface area contributed by atoms with Crippen LogP contribution < -0.4 is 4.72 Å². The molecule has 0 aliphatic heterocycles. The number of nitrogens with one attached hydrogen (secondary N) is 1. The highest BCUT2D eigenvalue weighted by Crippen LogP contribution is 2.24. The van der Waals surface area contributed by atoms with Gasteiger partial charge in [0.15, 0.2) is 5.16 Å². The third kappa shape index (κ3) is 4.45. The van der Waals surface area contributed by atoms with Gasteiger partial charge in [0.05, 0.1) is 23.4 Å². The van der Waals surface area contributed by atoms with E-state index in [-0.39, 0.29) is 5.75 Å². The Kier molecular flexibility index (Phi) is 6.25. The van der Waals surface area contributed by atoms with Crippen molar-refractivity contribution in [2.24, 2.45) is 0 Å². The maximum absolute atomic E-state index is 11.4. The Morgan fingerprint density at radius 1 is 1.36 bits per heavy atom. The molecule has 0 aliphatic rings. The lowest BCUT2D eigenvalue weighted by Crippen LogP contribution is -2.22. The van der Waals surface area contributed by atoms with Crippen LogP contribution in [0.2, 0.25) is 0 Å².